The van der Waals surface area contributed by atoms with E-state index in [2.05, 4.69) is 4.98 Å². The van der Waals surface area contributed by atoms with Gasteiger partial charge in [0.1, 0.15) is 10.8 Å². The van der Waals surface area contributed by atoms with Crippen molar-refractivity contribution >= 4 is 21.8 Å². The molecule has 0 aliphatic heterocycles. The zero-order chi connectivity index (χ0) is 11.8. The molecule has 0 unspecified atom stereocenters. The van der Waals surface area contributed by atoms with E-state index in [1.54, 1.807) is 6.07 Å². The van der Waals surface area contributed by atoms with Crippen LogP contribution in [0.15, 0.2) is 22.2 Å². The van der Waals surface area contributed by atoms with Crippen molar-refractivity contribution in [2.75, 3.05) is 6.26 Å². The number of nitrogens with zero attached hydrogens (tertiary/aromatic N) is 1. The van der Waals surface area contributed by atoms with E-state index in [0.717, 1.165) is 12.8 Å². The van der Waals surface area contributed by atoms with Gasteiger partial charge in [-0.25, -0.2) is 18.5 Å². The Kier molecular flexibility index (Phi) is 3.09. The first-order chi connectivity index (χ1) is 7.49. The summed E-state index contributed by atoms with van der Waals surface area (Å²) in [6, 6.07) is 3.09. The third-order valence-electron chi connectivity index (χ3n) is 2.08. The van der Waals surface area contributed by atoms with Crippen molar-refractivity contribution in [1.82, 2.24) is 4.98 Å². The van der Waals surface area contributed by atoms with Gasteiger partial charge >= 0.3 is 0 Å². The van der Waals surface area contributed by atoms with Crippen LogP contribution in [0.4, 0.5) is 0 Å². The second kappa shape index (κ2) is 4.23. The fraction of sp³-hybridized carbons (Fsp3) is 0.444. The topological polar surface area (TPSA) is 82.3 Å². The van der Waals surface area contributed by atoms with E-state index >= 15 is 0 Å². The molecule has 1 aromatic rings. The molecule has 0 spiro atoms. The van der Waals surface area contributed by atoms with Crippen LogP contribution in [0, 0.1) is 0 Å². The molecule has 0 bridgehead atoms. The SMILES string of the molecule is CSc1cc(OC2CC2)cc(S(N)(=O)=O)n1. The zero-order valence-corrected chi connectivity index (χ0v) is 10.3. The lowest BCUT2D eigenvalue weighted by Gasteiger charge is -2.07. The van der Waals surface area contributed by atoms with E-state index < -0.39 is 10.0 Å². The smallest absolute Gasteiger partial charge is 0.255 e. The molecule has 0 amide bonds. The number of primary sulfonamides is 1. The van der Waals surface area contributed by atoms with Crippen LogP contribution in [0.5, 0.6) is 5.75 Å². The highest BCUT2D eigenvalue weighted by Gasteiger charge is 2.24. The van der Waals surface area contributed by atoms with E-state index in [9.17, 15) is 8.42 Å². The van der Waals surface area contributed by atoms with Gasteiger partial charge in [0.2, 0.25) is 0 Å². The number of sulfonamides is 1. The molecule has 0 aromatic carbocycles. The highest BCUT2D eigenvalue weighted by Crippen LogP contribution is 2.29. The van der Waals surface area contributed by atoms with Gasteiger partial charge in [-0.3, -0.25) is 0 Å². The molecule has 1 heterocycles. The second-order valence-electron chi connectivity index (χ2n) is 3.55. The van der Waals surface area contributed by atoms with Crippen molar-refractivity contribution in [3.05, 3.63) is 12.1 Å². The molecule has 1 saturated carbocycles. The maximum atomic E-state index is 11.2. The van der Waals surface area contributed by atoms with Gasteiger partial charge in [0.25, 0.3) is 10.0 Å². The first kappa shape index (κ1) is 11.7. The van der Waals surface area contributed by atoms with Gasteiger partial charge in [-0.1, -0.05) is 0 Å². The van der Waals surface area contributed by atoms with Crippen molar-refractivity contribution in [3.63, 3.8) is 0 Å². The number of hydrogen-bond donors (Lipinski definition) is 1. The van der Waals surface area contributed by atoms with Crippen LogP contribution in [-0.4, -0.2) is 25.8 Å². The lowest BCUT2D eigenvalue weighted by Crippen LogP contribution is -2.14. The Labute approximate surface area is 98.4 Å². The average molecular weight is 260 g/mol. The highest BCUT2D eigenvalue weighted by molar-refractivity contribution is 7.98. The molecule has 1 aromatic heterocycles. The molecule has 16 heavy (non-hydrogen) atoms. The van der Waals surface area contributed by atoms with Gasteiger partial charge in [-0.2, -0.15) is 0 Å². The van der Waals surface area contributed by atoms with Gasteiger partial charge in [0.05, 0.1) is 6.10 Å². The van der Waals surface area contributed by atoms with Crippen molar-refractivity contribution in [1.29, 1.82) is 0 Å². The molecule has 1 aliphatic rings. The van der Waals surface area contributed by atoms with Crippen molar-refractivity contribution < 1.29 is 13.2 Å². The summed E-state index contributed by atoms with van der Waals surface area (Å²) in [4.78, 5) is 3.92. The van der Waals surface area contributed by atoms with E-state index in [-0.39, 0.29) is 11.1 Å². The molecule has 0 saturated heterocycles. The number of thioether (sulfide) groups is 1. The predicted molar refractivity (Wildman–Crippen MR) is 61.0 cm³/mol. The Hall–Kier alpha value is -0.790. The summed E-state index contributed by atoms with van der Waals surface area (Å²) in [7, 11) is -3.78. The molecule has 0 atom stereocenters. The summed E-state index contributed by atoms with van der Waals surface area (Å²) < 4.78 is 27.9. The van der Waals surface area contributed by atoms with Crippen LogP contribution in [0.3, 0.4) is 0 Å². The second-order valence-corrected chi connectivity index (χ2v) is 5.88. The standard InChI is InChI=1S/C9H12N2O3S2/c1-15-8-4-7(14-6-2-3-6)5-9(11-8)16(10,12)13/h4-6H,2-3H2,1H3,(H2,10,12,13). The van der Waals surface area contributed by atoms with E-state index in [1.165, 1.54) is 17.8 Å². The fourth-order valence-corrected chi connectivity index (χ4v) is 2.14. The summed E-state index contributed by atoms with van der Waals surface area (Å²) in [5.41, 5.74) is 0. The van der Waals surface area contributed by atoms with E-state index in [0.29, 0.717) is 10.8 Å². The molecule has 7 heteroatoms. The molecule has 2 N–H and O–H groups in total. The monoisotopic (exact) mass is 260 g/mol. The number of rotatable bonds is 4. The van der Waals surface area contributed by atoms with Gasteiger partial charge in [0.15, 0.2) is 5.03 Å². The molecule has 88 valence electrons. The van der Waals surface area contributed by atoms with Gasteiger partial charge in [-0.05, 0) is 19.1 Å². The van der Waals surface area contributed by atoms with Crippen LogP contribution in [-0.2, 0) is 10.0 Å². The van der Waals surface area contributed by atoms with E-state index in [4.69, 9.17) is 9.88 Å². The summed E-state index contributed by atoms with van der Waals surface area (Å²) in [6.45, 7) is 0. The molecule has 1 aliphatic carbocycles. The van der Waals surface area contributed by atoms with Crippen molar-refractivity contribution in [3.8, 4) is 5.75 Å². The third-order valence-corrected chi connectivity index (χ3v) is 3.50. The first-order valence-electron chi connectivity index (χ1n) is 4.74. The van der Waals surface area contributed by atoms with Gasteiger partial charge in [0, 0.05) is 12.1 Å². The number of aromatic nitrogens is 1. The summed E-state index contributed by atoms with van der Waals surface area (Å²) in [6.07, 6.45) is 4.06. The largest absolute Gasteiger partial charge is 0.490 e. The number of ether oxygens (including phenoxy) is 1. The maximum absolute atomic E-state index is 11.2. The average Bonchev–Trinajstić information content (AvgIpc) is 3.00. The lowest BCUT2D eigenvalue weighted by molar-refractivity contribution is 0.300. The lowest BCUT2D eigenvalue weighted by atomic mass is 10.4. The summed E-state index contributed by atoms with van der Waals surface area (Å²) in [5.74, 6) is 0.519. The molecular weight excluding hydrogens is 248 g/mol. The first-order valence-corrected chi connectivity index (χ1v) is 7.51. The molecule has 1 fully saturated rings. The van der Waals surface area contributed by atoms with Gasteiger partial charge < -0.3 is 4.74 Å². The molecule has 0 radical (unpaired) electrons. The Bertz CT molecular complexity index is 497. The minimum Gasteiger partial charge on any atom is -0.490 e. The minimum atomic E-state index is -3.78. The van der Waals surface area contributed by atoms with Crippen LogP contribution in [0.2, 0.25) is 0 Å². The highest BCUT2D eigenvalue weighted by atomic mass is 32.2. The van der Waals surface area contributed by atoms with Crippen LogP contribution in [0.1, 0.15) is 12.8 Å². The summed E-state index contributed by atoms with van der Waals surface area (Å²) in [5, 5.41) is 5.48. The maximum Gasteiger partial charge on any atom is 0.255 e. The quantitative estimate of drug-likeness (QED) is 0.816. The van der Waals surface area contributed by atoms with Gasteiger partial charge in [-0.15, -0.1) is 11.8 Å². The normalized spacial score (nSPS) is 16.1. The van der Waals surface area contributed by atoms with E-state index in [1.807, 2.05) is 6.26 Å². The third kappa shape index (κ3) is 2.87. The molecule has 2 rings (SSSR count). The molecule has 5 nitrogen and oxygen atoms in total. The van der Waals surface area contributed by atoms with Crippen molar-refractivity contribution in [2.24, 2.45) is 5.14 Å². The summed E-state index contributed by atoms with van der Waals surface area (Å²) >= 11 is 1.35. The zero-order valence-electron chi connectivity index (χ0n) is 8.71. The van der Waals surface area contributed by atoms with Crippen LogP contribution in [0.25, 0.3) is 0 Å². The van der Waals surface area contributed by atoms with Crippen molar-refractivity contribution in [2.45, 2.75) is 29.0 Å². The minimum absolute atomic E-state index is 0.144. The fourth-order valence-electron chi connectivity index (χ4n) is 1.15. The van der Waals surface area contributed by atoms with Crippen LogP contribution < -0.4 is 9.88 Å². The molecular formula is C9H12N2O3S2. The number of hydrogen-bond acceptors (Lipinski definition) is 5. The Morgan fingerprint density at radius 2 is 2.19 bits per heavy atom. The number of nitrogens with two attached hydrogens (primary N) is 1. The Morgan fingerprint density at radius 3 is 2.69 bits per heavy atom. The number of pyridine rings is 1. The Morgan fingerprint density at radius 1 is 1.50 bits per heavy atom. The predicted octanol–water partition coefficient (Wildman–Crippen LogP) is 0.992. The van der Waals surface area contributed by atoms with Crippen LogP contribution >= 0.6 is 11.8 Å². The Balaban J connectivity index is 2.37.